The third kappa shape index (κ3) is 4.82. The van der Waals surface area contributed by atoms with Gasteiger partial charge >= 0.3 is 0 Å². The average Bonchev–Trinajstić information content (AvgIpc) is 3.11. The first kappa shape index (κ1) is 17.9. The van der Waals surface area contributed by atoms with E-state index in [1.54, 1.807) is 43.5 Å². The molecule has 1 aromatic heterocycles. The van der Waals surface area contributed by atoms with Crippen LogP contribution in [0.25, 0.3) is 11.4 Å². The highest BCUT2D eigenvalue weighted by molar-refractivity contribution is 7.99. The molecule has 1 amide bonds. The Hall–Kier alpha value is -2.87. The molecule has 134 valence electrons. The number of methoxy groups -OCH3 is 1. The highest BCUT2D eigenvalue weighted by Crippen LogP contribution is 2.20. The number of carbonyl (C=O) groups excluding carboxylic acids is 1. The number of aromatic nitrogens is 2. The Morgan fingerprint density at radius 2 is 2.12 bits per heavy atom. The van der Waals surface area contributed by atoms with Crippen molar-refractivity contribution in [2.24, 2.45) is 0 Å². The predicted molar refractivity (Wildman–Crippen MR) is 97.5 cm³/mol. The summed E-state index contributed by atoms with van der Waals surface area (Å²) in [5.74, 6) is 1.48. The van der Waals surface area contributed by atoms with Crippen LogP contribution < -0.4 is 10.1 Å². The van der Waals surface area contributed by atoms with Crippen molar-refractivity contribution in [2.75, 3.05) is 18.2 Å². The van der Waals surface area contributed by atoms with Crippen LogP contribution in [0.5, 0.6) is 5.75 Å². The van der Waals surface area contributed by atoms with E-state index in [9.17, 15) is 9.18 Å². The first-order valence-electron chi connectivity index (χ1n) is 7.74. The van der Waals surface area contributed by atoms with Crippen molar-refractivity contribution in [1.29, 1.82) is 0 Å². The van der Waals surface area contributed by atoms with Crippen LogP contribution in [0.3, 0.4) is 0 Å². The SMILES string of the molecule is COc1cccc(NC(=O)CSCc2nc(-c3cccc(F)c3)no2)c1. The van der Waals surface area contributed by atoms with Crippen molar-refractivity contribution in [3.8, 4) is 17.1 Å². The monoisotopic (exact) mass is 373 g/mol. The molecule has 0 aliphatic rings. The lowest BCUT2D eigenvalue weighted by Crippen LogP contribution is -2.14. The quantitative estimate of drug-likeness (QED) is 0.680. The lowest BCUT2D eigenvalue weighted by atomic mass is 10.2. The van der Waals surface area contributed by atoms with Gasteiger partial charge < -0.3 is 14.6 Å². The Balaban J connectivity index is 1.49. The van der Waals surface area contributed by atoms with Crippen molar-refractivity contribution in [3.63, 3.8) is 0 Å². The van der Waals surface area contributed by atoms with Gasteiger partial charge in [-0.05, 0) is 24.3 Å². The van der Waals surface area contributed by atoms with Crippen LogP contribution >= 0.6 is 11.8 Å². The van der Waals surface area contributed by atoms with Gasteiger partial charge in [-0.2, -0.15) is 4.98 Å². The number of thioether (sulfide) groups is 1. The van der Waals surface area contributed by atoms with Gasteiger partial charge in [0.15, 0.2) is 0 Å². The molecule has 3 aromatic rings. The second-order valence-corrected chi connectivity index (χ2v) is 6.28. The van der Waals surface area contributed by atoms with Gasteiger partial charge in [0, 0.05) is 17.3 Å². The van der Waals surface area contributed by atoms with Crippen molar-refractivity contribution < 1.29 is 18.4 Å². The van der Waals surface area contributed by atoms with Crippen LogP contribution in [-0.2, 0) is 10.5 Å². The van der Waals surface area contributed by atoms with Gasteiger partial charge in [0.05, 0.1) is 18.6 Å². The van der Waals surface area contributed by atoms with Gasteiger partial charge in [-0.15, -0.1) is 11.8 Å². The van der Waals surface area contributed by atoms with Gasteiger partial charge in [-0.3, -0.25) is 4.79 Å². The summed E-state index contributed by atoms with van der Waals surface area (Å²) in [5.41, 5.74) is 1.21. The number of hydrogen-bond donors (Lipinski definition) is 1. The summed E-state index contributed by atoms with van der Waals surface area (Å²) in [5, 5.41) is 6.62. The smallest absolute Gasteiger partial charge is 0.236 e. The standard InChI is InChI=1S/C18H16FN3O3S/c1-24-15-7-3-6-14(9-15)20-16(23)10-26-11-17-21-18(22-25-17)12-4-2-5-13(19)8-12/h2-9H,10-11H2,1H3,(H,20,23). The van der Waals surface area contributed by atoms with Crippen molar-refractivity contribution in [2.45, 2.75) is 5.75 Å². The fourth-order valence-corrected chi connectivity index (χ4v) is 2.84. The number of amides is 1. The van der Waals surface area contributed by atoms with Crippen LogP contribution in [0.1, 0.15) is 5.89 Å². The molecule has 0 aliphatic heterocycles. The second-order valence-electron chi connectivity index (χ2n) is 5.30. The molecular weight excluding hydrogens is 357 g/mol. The highest BCUT2D eigenvalue weighted by atomic mass is 32.2. The molecule has 3 rings (SSSR count). The number of rotatable bonds is 7. The molecular formula is C18H16FN3O3S. The Bertz CT molecular complexity index is 901. The fraction of sp³-hybridized carbons (Fsp3) is 0.167. The molecule has 0 radical (unpaired) electrons. The van der Waals surface area contributed by atoms with E-state index in [1.165, 1.54) is 23.9 Å². The Morgan fingerprint density at radius 1 is 1.27 bits per heavy atom. The number of halogens is 1. The molecule has 26 heavy (non-hydrogen) atoms. The van der Waals surface area contributed by atoms with E-state index in [-0.39, 0.29) is 17.5 Å². The van der Waals surface area contributed by atoms with Crippen LogP contribution in [0.2, 0.25) is 0 Å². The van der Waals surface area contributed by atoms with Crippen LogP contribution in [-0.4, -0.2) is 28.9 Å². The zero-order chi connectivity index (χ0) is 18.4. The summed E-state index contributed by atoms with van der Waals surface area (Å²) < 4.78 is 23.5. The van der Waals surface area contributed by atoms with E-state index in [4.69, 9.17) is 9.26 Å². The molecule has 0 unspecified atom stereocenters. The first-order chi connectivity index (χ1) is 12.6. The Labute approximate surface area is 153 Å². The van der Waals surface area contributed by atoms with Gasteiger partial charge in [-0.1, -0.05) is 23.4 Å². The van der Waals surface area contributed by atoms with Crippen molar-refractivity contribution in [1.82, 2.24) is 10.1 Å². The minimum absolute atomic E-state index is 0.145. The maximum absolute atomic E-state index is 13.2. The molecule has 0 bridgehead atoms. The molecule has 1 N–H and O–H groups in total. The number of hydrogen-bond acceptors (Lipinski definition) is 6. The zero-order valence-corrected chi connectivity index (χ0v) is 14.8. The second kappa shape index (κ2) is 8.48. The van der Waals surface area contributed by atoms with Crippen LogP contribution in [0.15, 0.2) is 53.1 Å². The summed E-state index contributed by atoms with van der Waals surface area (Å²) in [4.78, 5) is 16.2. The summed E-state index contributed by atoms with van der Waals surface area (Å²) in [6, 6.07) is 13.1. The minimum Gasteiger partial charge on any atom is -0.497 e. The van der Waals surface area contributed by atoms with E-state index in [1.807, 2.05) is 0 Å². The van der Waals surface area contributed by atoms with E-state index in [0.717, 1.165) is 0 Å². The number of nitrogens with zero attached hydrogens (tertiary/aromatic N) is 2. The lowest BCUT2D eigenvalue weighted by Gasteiger charge is -2.06. The van der Waals surface area contributed by atoms with Gasteiger partial charge in [-0.25, -0.2) is 4.39 Å². The highest BCUT2D eigenvalue weighted by Gasteiger charge is 2.10. The van der Waals surface area contributed by atoms with Gasteiger partial charge in [0.25, 0.3) is 0 Å². The van der Waals surface area contributed by atoms with E-state index < -0.39 is 0 Å². The van der Waals surface area contributed by atoms with Crippen LogP contribution in [0.4, 0.5) is 10.1 Å². The molecule has 0 atom stereocenters. The van der Waals surface area contributed by atoms with Crippen molar-refractivity contribution in [3.05, 3.63) is 60.2 Å². The predicted octanol–water partition coefficient (Wildman–Crippen LogP) is 3.76. The topological polar surface area (TPSA) is 77.2 Å². The third-order valence-electron chi connectivity index (χ3n) is 3.36. The molecule has 0 fully saturated rings. The zero-order valence-electron chi connectivity index (χ0n) is 13.9. The van der Waals surface area contributed by atoms with E-state index in [2.05, 4.69) is 15.5 Å². The molecule has 2 aromatic carbocycles. The summed E-state index contributed by atoms with van der Waals surface area (Å²) in [6.07, 6.45) is 0. The molecule has 6 nitrogen and oxygen atoms in total. The van der Waals surface area contributed by atoms with E-state index >= 15 is 0 Å². The number of ether oxygens (including phenoxy) is 1. The molecule has 0 spiro atoms. The van der Waals surface area contributed by atoms with Crippen molar-refractivity contribution >= 4 is 23.4 Å². The van der Waals surface area contributed by atoms with Crippen LogP contribution in [0, 0.1) is 5.82 Å². The van der Waals surface area contributed by atoms with Gasteiger partial charge in [0.2, 0.25) is 17.6 Å². The molecule has 8 heteroatoms. The Kier molecular flexibility index (Phi) is 5.85. The maximum Gasteiger partial charge on any atom is 0.236 e. The minimum atomic E-state index is -0.363. The summed E-state index contributed by atoms with van der Waals surface area (Å²) in [7, 11) is 1.57. The number of anilines is 1. The maximum atomic E-state index is 13.2. The molecule has 0 aliphatic carbocycles. The molecule has 0 saturated carbocycles. The Morgan fingerprint density at radius 3 is 2.92 bits per heavy atom. The largest absolute Gasteiger partial charge is 0.497 e. The average molecular weight is 373 g/mol. The molecule has 0 saturated heterocycles. The number of benzene rings is 2. The third-order valence-corrected chi connectivity index (χ3v) is 4.28. The number of nitrogens with one attached hydrogen (secondary N) is 1. The summed E-state index contributed by atoms with van der Waals surface area (Å²) >= 11 is 1.34. The van der Waals surface area contributed by atoms with E-state index in [0.29, 0.717) is 34.5 Å². The summed E-state index contributed by atoms with van der Waals surface area (Å²) in [6.45, 7) is 0. The van der Waals surface area contributed by atoms with Gasteiger partial charge in [0.1, 0.15) is 11.6 Å². The number of carbonyl (C=O) groups is 1. The normalized spacial score (nSPS) is 10.5. The molecule has 1 heterocycles. The lowest BCUT2D eigenvalue weighted by molar-refractivity contribution is -0.113. The first-order valence-corrected chi connectivity index (χ1v) is 8.89. The fourth-order valence-electron chi connectivity index (χ4n) is 2.19.